The molecule has 2 aromatic carbocycles. The Labute approximate surface area is 150 Å². The molecule has 0 fully saturated rings. The van der Waals surface area contributed by atoms with Crippen molar-refractivity contribution in [3.05, 3.63) is 64.4 Å². The third kappa shape index (κ3) is 3.65. The zero-order chi connectivity index (χ0) is 18.0. The van der Waals surface area contributed by atoms with Crippen LogP contribution in [0.15, 0.2) is 58.8 Å². The number of benzene rings is 2. The van der Waals surface area contributed by atoms with E-state index in [0.717, 1.165) is 16.7 Å². The van der Waals surface area contributed by atoms with Gasteiger partial charge in [0.25, 0.3) is 10.0 Å². The summed E-state index contributed by atoms with van der Waals surface area (Å²) < 4.78 is 27.8. The van der Waals surface area contributed by atoms with Crippen molar-refractivity contribution >= 4 is 32.7 Å². The van der Waals surface area contributed by atoms with Gasteiger partial charge in [-0.05, 0) is 65.4 Å². The monoisotopic (exact) mass is 369 g/mol. The Morgan fingerprint density at radius 1 is 1.08 bits per heavy atom. The number of nitrogens with two attached hydrogens (primary N) is 1. The van der Waals surface area contributed by atoms with Crippen molar-refractivity contribution in [2.24, 2.45) is 0 Å². The molecule has 0 saturated carbocycles. The summed E-state index contributed by atoms with van der Waals surface area (Å²) in [7, 11) is -3.71. The minimum absolute atomic E-state index is 0.147. The Balaban J connectivity index is 1.95. The second-order valence-electron chi connectivity index (χ2n) is 5.52. The molecule has 0 saturated heterocycles. The van der Waals surface area contributed by atoms with Crippen LogP contribution in [0.3, 0.4) is 0 Å². The minimum atomic E-state index is -3.71. The number of nitrogen functional groups attached to an aromatic ring is 1. The van der Waals surface area contributed by atoms with Gasteiger partial charge in [-0.3, -0.25) is 4.72 Å². The highest BCUT2D eigenvalue weighted by Gasteiger charge is 2.16. The molecule has 5 nitrogen and oxygen atoms in total. The highest BCUT2D eigenvalue weighted by atomic mass is 32.2. The first-order valence-corrected chi connectivity index (χ1v) is 9.73. The van der Waals surface area contributed by atoms with Gasteiger partial charge in [-0.15, -0.1) is 11.3 Å². The van der Waals surface area contributed by atoms with Crippen LogP contribution in [-0.2, 0) is 10.0 Å². The largest absolute Gasteiger partial charge is 0.399 e. The molecule has 0 radical (unpaired) electrons. The summed E-state index contributed by atoms with van der Waals surface area (Å²) in [6.45, 7) is 1.83. The van der Waals surface area contributed by atoms with Gasteiger partial charge in [0, 0.05) is 5.69 Å². The molecule has 0 aliphatic heterocycles. The fraction of sp³-hybridized carbons (Fsp3) is 0.0556. The van der Waals surface area contributed by atoms with Crippen molar-refractivity contribution in [1.82, 2.24) is 0 Å². The average molecular weight is 369 g/mol. The standard InChI is InChI=1S/C18H15N3O2S2/c1-12-2-3-13(14-8-16(10-19)24-11-14)9-18(12)21-25(22,23)17-6-4-15(20)5-7-17/h2-9,11,21H,20H2,1H3. The maximum atomic E-state index is 12.6. The van der Waals surface area contributed by atoms with E-state index in [1.54, 1.807) is 24.3 Å². The number of nitrogens with one attached hydrogen (secondary N) is 1. The highest BCUT2D eigenvalue weighted by molar-refractivity contribution is 7.92. The molecule has 0 atom stereocenters. The van der Waals surface area contributed by atoms with Crippen molar-refractivity contribution in [3.63, 3.8) is 0 Å². The first-order chi connectivity index (χ1) is 11.9. The molecule has 1 heterocycles. The number of anilines is 2. The van der Waals surface area contributed by atoms with Gasteiger partial charge in [-0.2, -0.15) is 5.26 Å². The molecular weight excluding hydrogens is 354 g/mol. The Morgan fingerprint density at radius 2 is 1.80 bits per heavy atom. The molecule has 3 rings (SSSR count). The van der Waals surface area contributed by atoms with Crippen molar-refractivity contribution in [2.45, 2.75) is 11.8 Å². The first-order valence-electron chi connectivity index (χ1n) is 7.37. The van der Waals surface area contributed by atoms with E-state index >= 15 is 0 Å². The molecule has 0 aliphatic rings. The van der Waals surface area contributed by atoms with Gasteiger partial charge < -0.3 is 5.73 Å². The van der Waals surface area contributed by atoms with E-state index < -0.39 is 10.0 Å². The lowest BCUT2D eigenvalue weighted by molar-refractivity contribution is 0.601. The Morgan fingerprint density at radius 3 is 2.44 bits per heavy atom. The lowest BCUT2D eigenvalue weighted by atomic mass is 10.1. The number of thiophene rings is 1. The molecule has 0 aliphatic carbocycles. The number of nitrogens with zero attached hydrogens (tertiary/aromatic N) is 1. The van der Waals surface area contributed by atoms with E-state index in [1.165, 1.54) is 23.5 Å². The van der Waals surface area contributed by atoms with Gasteiger partial charge in [-0.1, -0.05) is 12.1 Å². The van der Waals surface area contributed by atoms with Gasteiger partial charge in [0.2, 0.25) is 0 Å². The number of rotatable bonds is 4. The van der Waals surface area contributed by atoms with Crippen LogP contribution < -0.4 is 10.5 Å². The second-order valence-corrected chi connectivity index (χ2v) is 8.11. The second kappa shape index (κ2) is 6.59. The van der Waals surface area contributed by atoms with Crippen LogP contribution in [0.25, 0.3) is 11.1 Å². The number of sulfonamides is 1. The summed E-state index contributed by atoms with van der Waals surface area (Å²) in [5, 5.41) is 10.8. The van der Waals surface area contributed by atoms with Crippen LogP contribution in [-0.4, -0.2) is 8.42 Å². The average Bonchev–Trinajstić information content (AvgIpc) is 3.06. The van der Waals surface area contributed by atoms with Crippen molar-refractivity contribution in [3.8, 4) is 17.2 Å². The Kier molecular flexibility index (Phi) is 4.49. The zero-order valence-corrected chi connectivity index (χ0v) is 15.0. The van der Waals surface area contributed by atoms with Crippen LogP contribution in [0.5, 0.6) is 0 Å². The number of nitriles is 1. The lowest BCUT2D eigenvalue weighted by Gasteiger charge is -2.12. The third-order valence-electron chi connectivity index (χ3n) is 3.72. The summed E-state index contributed by atoms with van der Waals surface area (Å²) in [5.74, 6) is 0. The van der Waals surface area contributed by atoms with E-state index in [-0.39, 0.29) is 4.90 Å². The third-order valence-corrected chi connectivity index (χ3v) is 5.93. The topological polar surface area (TPSA) is 96.0 Å². The van der Waals surface area contributed by atoms with Crippen LogP contribution in [0, 0.1) is 18.3 Å². The van der Waals surface area contributed by atoms with Gasteiger partial charge in [0.15, 0.2) is 0 Å². The van der Waals surface area contributed by atoms with Gasteiger partial charge in [0.05, 0.1) is 10.6 Å². The number of hydrogen-bond donors (Lipinski definition) is 2. The van der Waals surface area contributed by atoms with Gasteiger partial charge in [-0.25, -0.2) is 8.42 Å². The molecule has 0 spiro atoms. The van der Waals surface area contributed by atoms with Crippen LogP contribution in [0.4, 0.5) is 11.4 Å². The first kappa shape index (κ1) is 17.0. The smallest absolute Gasteiger partial charge is 0.261 e. The quantitative estimate of drug-likeness (QED) is 0.680. The summed E-state index contributed by atoms with van der Waals surface area (Å²) in [4.78, 5) is 0.758. The minimum Gasteiger partial charge on any atom is -0.399 e. The Hall–Kier alpha value is -2.82. The lowest BCUT2D eigenvalue weighted by Crippen LogP contribution is -2.13. The fourth-order valence-electron chi connectivity index (χ4n) is 2.31. The van der Waals surface area contributed by atoms with Crippen molar-refractivity contribution in [2.75, 3.05) is 10.5 Å². The predicted molar refractivity (Wildman–Crippen MR) is 101 cm³/mol. The molecule has 126 valence electrons. The molecule has 3 N–H and O–H groups in total. The predicted octanol–water partition coefficient (Wildman–Crippen LogP) is 3.98. The summed E-state index contributed by atoms with van der Waals surface area (Å²) >= 11 is 1.35. The Bertz CT molecular complexity index is 1060. The number of aryl methyl sites for hydroxylation is 1. The van der Waals surface area contributed by atoms with Crippen LogP contribution in [0.1, 0.15) is 10.4 Å². The van der Waals surface area contributed by atoms with Crippen molar-refractivity contribution < 1.29 is 8.42 Å². The molecule has 0 bridgehead atoms. The van der Waals surface area contributed by atoms with E-state index in [9.17, 15) is 8.42 Å². The SMILES string of the molecule is Cc1ccc(-c2csc(C#N)c2)cc1NS(=O)(=O)c1ccc(N)cc1. The maximum absolute atomic E-state index is 12.6. The fourth-order valence-corrected chi connectivity index (χ4v) is 4.14. The molecule has 25 heavy (non-hydrogen) atoms. The molecule has 1 aromatic heterocycles. The summed E-state index contributed by atoms with van der Waals surface area (Å²) in [6, 6.07) is 15.4. The van der Waals surface area contributed by atoms with E-state index in [0.29, 0.717) is 16.3 Å². The normalized spacial score (nSPS) is 11.0. The maximum Gasteiger partial charge on any atom is 0.261 e. The zero-order valence-electron chi connectivity index (χ0n) is 13.4. The molecule has 0 unspecified atom stereocenters. The van der Waals surface area contributed by atoms with Gasteiger partial charge in [0.1, 0.15) is 10.9 Å². The molecule has 0 amide bonds. The van der Waals surface area contributed by atoms with Gasteiger partial charge >= 0.3 is 0 Å². The van der Waals surface area contributed by atoms with E-state index in [2.05, 4.69) is 10.8 Å². The summed E-state index contributed by atoms with van der Waals surface area (Å²) in [5.41, 5.74) is 9.14. The van der Waals surface area contributed by atoms with Crippen LogP contribution >= 0.6 is 11.3 Å². The van der Waals surface area contributed by atoms with Crippen molar-refractivity contribution in [1.29, 1.82) is 5.26 Å². The van der Waals surface area contributed by atoms with E-state index in [1.807, 2.05) is 24.4 Å². The summed E-state index contributed by atoms with van der Waals surface area (Å²) in [6.07, 6.45) is 0. The molecule has 7 heteroatoms. The highest BCUT2D eigenvalue weighted by Crippen LogP contribution is 2.30. The number of hydrogen-bond acceptors (Lipinski definition) is 5. The van der Waals surface area contributed by atoms with Crippen LogP contribution in [0.2, 0.25) is 0 Å². The molecular formula is C18H15N3O2S2. The van der Waals surface area contributed by atoms with E-state index in [4.69, 9.17) is 11.0 Å². The molecule has 3 aromatic rings.